The molecule has 14 aromatic rings. The van der Waals surface area contributed by atoms with Crippen molar-refractivity contribution in [3.63, 3.8) is 0 Å². The van der Waals surface area contributed by atoms with Gasteiger partial charge in [0.25, 0.3) is 5.91 Å². The van der Waals surface area contributed by atoms with Crippen LogP contribution in [0.3, 0.4) is 0 Å². The highest BCUT2D eigenvalue weighted by Crippen LogP contribution is 2.46. The first-order valence-corrected chi connectivity index (χ1v) is 51.3. The normalized spacial score (nSPS) is 14.6. The van der Waals surface area contributed by atoms with Gasteiger partial charge in [0.1, 0.15) is 76.3 Å². The highest BCUT2D eigenvalue weighted by atomic mass is 16.5. The monoisotopic (exact) mass is 1970 g/mol. The number of hydrogen-bond acceptors (Lipinski definition) is 24. The molecule has 1 amide bonds. The number of H-pyrrole nitrogens is 1. The largest absolute Gasteiger partial charge is 0.497 e. The summed E-state index contributed by atoms with van der Waals surface area (Å²) < 4.78 is 55.9. The minimum Gasteiger partial charge on any atom is -0.497 e. The fourth-order valence-electron chi connectivity index (χ4n) is 20.5. The van der Waals surface area contributed by atoms with Crippen LogP contribution >= 0.6 is 0 Å². The van der Waals surface area contributed by atoms with E-state index in [1.807, 2.05) is 133 Å². The predicted molar refractivity (Wildman–Crippen MR) is 572 cm³/mol. The van der Waals surface area contributed by atoms with E-state index in [1.54, 1.807) is 66.9 Å². The fourth-order valence-corrected chi connectivity index (χ4v) is 20.5. The number of nitrogens with one attached hydrogen (secondary N) is 3. The van der Waals surface area contributed by atoms with Crippen molar-refractivity contribution in [1.29, 1.82) is 5.26 Å². The summed E-state index contributed by atoms with van der Waals surface area (Å²) in [5.74, 6) is 8.43. The Labute approximate surface area is 858 Å². The summed E-state index contributed by atoms with van der Waals surface area (Å²) in [5.41, 5.74) is 24.1. The van der Waals surface area contributed by atoms with Gasteiger partial charge >= 0.3 is 0 Å². The van der Waals surface area contributed by atoms with Crippen LogP contribution < -0.4 is 58.2 Å². The van der Waals surface area contributed by atoms with Crippen LogP contribution in [-0.2, 0) is 45.6 Å². The zero-order valence-electron chi connectivity index (χ0n) is 85.8. The van der Waals surface area contributed by atoms with Crippen molar-refractivity contribution in [2.75, 3.05) is 66.9 Å². The maximum absolute atomic E-state index is 12.2. The van der Waals surface area contributed by atoms with Crippen molar-refractivity contribution in [3.05, 3.63) is 313 Å². The maximum atomic E-state index is 12.2. The molecular formula is C120H126N14O13. The molecule has 0 bridgehead atoms. The quantitative estimate of drug-likeness (QED) is 0.0322. The molecule has 0 radical (unpaired) electrons. The maximum Gasteiger partial charge on any atom is 0.251 e. The van der Waals surface area contributed by atoms with E-state index >= 15 is 0 Å². The van der Waals surface area contributed by atoms with Crippen LogP contribution in [0.25, 0.3) is 49.8 Å². The van der Waals surface area contributed by atoms with Crippen molar-refractivity contribution >= 4 is 79.2 Å². The highest BCUT2D eigenvalue weighted by molar-refractivity contribution is 6.02. The Morgan fingerprint density at radius 2 is 0.830 bits per heavy atom. The van der Waals surface area contributed by atoms with Gasteiger partial charge in [0.2, 0.25) is 29.5 Å². The zero-order chi connectivity index (χ0) is 102. The van der Waals surface area contributed by atoms with E-state index in [9.17, 15) is 19.2 Å². The molecule has 8 aromatic carbocycles. The van der Waals surface area contributed by atoms with Crippen LogP contribution in [0.4, 0.5) is 17.3 Å². The van der Waals surface area contributed by atoms with Crippen LogP contribution in [0.5, 0.6) is 52.3 Å². The van der Waals surface area contributed by atoms with Crippen LogP contribution in [0.2, 0.25) is 0 Å². The molecule has 147 heavy (non-hydrogen) atoms. The first-order valence-electron chi connectivity index (χ1n) is 51.3. The molecule has 6 heterocycles. The number of ether oxygens (including phenoxy) is 9. The molecule has 0 aliphatic heterocycles. The number of ketones is 3. The number of methoxy groups -OCH3 is 5. The summed E-state index contributed by atoms with van der Waals surface area (Å²) in [4.78, 5) is 93.3. The lowest BCUT2D eigenvalue weighted by atomic mass is 10.00. The minimum atomic E-state index is -0.188. The molecule has 0 unspecified atom stereocenters. The second-order valence-electron chi connectivity index (χ2n) is 38.3. The second-order valence-corrected chi connectivity index (χ2v) is 38.3. The summed E-state index contributed by atoms with van der Waals surface area (Å²) in [6, 6.07) is 57.0. The Morgan fingerprint density at radius 3 is 1.22 bits per heavy atom. The van der Waals surface area contributed by atoms with Gasteiger partial charge in [-0.05, 0) is 233 Å². The molecule has 7 aliphatic rings. The lowest BCUT2D eigenvalue weighted by molar-refractivity contribution is 0.0958. The molecule has 7 aliphatic carbocycles. The molecule has 754 valence electrons. The van der Waals surface area contributed by atoms with E-state index in [0.29, 0.717) is 154 Å². The van der Waals surface area contributed by atoms with Gasteiger partial charge in [-0.1, -0.05) is 118 Å². The number of rotatable bonds is 33. The Bertz CT molecular complexity index is 7360. The third-order valence-corrected chi connectivity index (χ3v) is 28.5. The number of nitriles is 1. The number of hydrogen-bond donors (Lipinski definition) is 3. The number of aromatic amines is 1. The number of aryl methyl sites for hydroxylation is 1. The van der Waals surface area contributed by atoms with Crippen molar-refractivity contribution < 1.29 is 61.8 Å². The number of carbonyl (C=O) groups is 4. The van der Waals surface area contributed by atoms with Gasteiger partial charge in [-0.25, -0.2) is 15.0 Å². The number of Topliss-reactive ketones (excluding diaryl/α,β-unsaturated/α-hetero) is 3. The Kier molecular flexibility index (Phi) is 32.0. The summed E-state index contributed by atoms with van der Waals surface area (Å²) >= 11 is 0. The van der Waals surface area contributed by atoms with E-state index in [1.165, 1.54) is 49.4 Å². The van der Waals surface area contributed by atoms with Crippen molar-refractivity contribution in [2.24, 2.45) is 7.05 Å². The van der Waals surface area contributed by atoms with Crippen LogP contribution in [0.15, 0.2) is 200 Å². The lowest BCUT2D eigenvalue weighted by Crippen LogP contribution is -2.17. The first-order chi connectivity index (χ1) is 71.7. The predicted octanol–water partition coefficient (Wildman–Crippen LogP) is 23.4. The van der Waals surface area contributed by atoms with Crippen LogP contribution in [-0.4, -0.2) is 154 Å². The van der Waals surface area contributed by atoms with Crippen LogP contribution in [0.1, 0.15) is 274 Å². The van der Waals surface area contributed by atoms with Crippen molar-refractivity contribution in [1.82, 2.24) is 54.7 Å². The van der Waals surface area contributed by atoms with Gasteiger partial charge in [-0.15, -0.1) is 0 Å². The number of anilines is 3. The Morgan fingerprint density at radius 1 is 0.435 bits per heavy atom. The number of fused-ring (bicyclic) bond motifs is 5. The third kappa shape index (κ3) is 23.1. The summed E-state index contributed by atoms with van der Waals surface area (Å²) in [6.07, 6.45) is 34.1. The molecule has 6 aromatic heterocycles. The van der Waals surface area contributed by atoms with E-state index < -0.39 is 0 Å². The van der Waals surface area contributed by atoms with Gasteiger partial charge in [0.15, 0.2) is 17.3 Å². The SMILES string of the molecule is CCC(=O)c1ccc(Cc2nc3c(c(OC4CCCC4)n2)C(c2ccc(C#N)cc2)=CC3)c(OC)c1.CCC(=O)c1ccc(Cc2nc3c(c(OC4CCCC4)n2)C(c2ccc(N(C)C)cc2)=CC3)c(OC)c1.CCC(=O)c1ccc(Cc2nc3c(c(OC4CCCC4)n2)C(c2ccc(OC)cc2)=CC3)c(OC)c1.CNC(=O)c1ccc(Nc2nc(OC3CCCC3)c3c(-c4ccc5c(ccn5C)c4)c[nH]c3n2)c(OC)c1. The number of aromatic nitrogens is 10. The van der Waals surface area contributed by atoms with Crippen molar-refractivity contribution in [3.8, 4) is 69.5 Å². The smallest absolute Gasteiger partial charge is 0.251 e. The minimum absolute atomic E-state index is 0.0855. The van der Waals surface area contributed by atoms with E-state index in [-0.39, 0.29) is 47.7 Å². The third-order valence-electron chi connectivity index (χ3n) is 28.5. The molecule has 4 fully saturated rings. The molecule has 4 saturated carbocycles. The standard InChI is InChI=1S/C31H35N3O3.C30H29N3O3.C30H32N2O4.C29H30N6O3/c1-5-27(35)21-10-11-22(28(18-21)36-4)19-29-32-26-17-16-25(20-12-14-23(15-13-20)34(2)3)30(26)31(33-29)37-24-8-6-7-9-24;1-3-26(34)21-12-13-22(27(16-21)35-2)17-28-32-25-15-14-24(20-10-8-19(18-31)9-11-20)29(25)30(33-28)36-23-6-4-5-7-23;1-4-26(33)20-9-10-21(27(17-20)35-3)18-28-31-25-16-15-24(19-11-13-22(34-2)14-12-19)29(25)30(32-28)36-23-7-5-6-8-23;1-30-27(36)19-8-10-22(24(15-19)37-3)32-29-33-26-25(28(34-29)38-20-6-4-5-7-20)21(16-31-26)17-9-11-23-18(14-17)12-13-35(23)2/h10-16,18,24H,5-9,17,19H2,1-4H3;8-14,16,23H,3-7,15,17H2,1-2H3;9-15,17,23H,4-8,16,18H2,1-3H3;8-16,20H,4-7H2,1-3H3,(H,30,36)(H2,31,32,33,34). The molecule has 27 heteroatoms. The molecule has 3 N–H and O–H groups in total. The van der Waals surface area contributed by atoms with Gasteiger partial charge in [-0.2, -0.15) is 30.2 Å². The zero-order valence-corrected chi connectivity index (χ0v) is 85.8. The second kappa shape index (κ2) is 46.5. The molecule has 0 saturated heterocycles. The van der Waals surface area contributed by atoms with E-state index in [2.05, 4.69) is 116 Å². The Balaban J connectivity index is 0.000000128. The molecule has 0 atom stereocenters. The number of carbonyl (C=O) groups excluding carboxylic acids is 4. The number of nitrogens with zero attached hydrogens (tertiary/aromatic N) is 11. The molecular weight excluding hydrogens is 1850 g/mol. The Hall–Kier alpha value is -15.9. The first kappa shape index (κ1) is 101. The van der Waals surface area contributed by atoms with Crippen LogP contribution in [0, 0.1) is 11.3 Å². The topological polar surface area (TPSA) is 326 Å². The fraction of sp³-hybridized carbons (Fsp3) is 0.342. The van der Waals surface area contributed by atoms with Gasteiger partial charge in [-0.3, -0.25) is 19.2 Å². The average Bonchev–Trinajstić information content (AvgIpc) is 1.65. The number of allylic oxidation sites excluding steroid dienone is 3. The average molecular weight is 1970 g/mol. The lowest BCUT2D eigenvalue weighted by Gasteiger charge is -2.19. The molecule has 0 spiro atoms. The summed E-state index contributed by atoms with van der Waals surface area (Å²) in [5, 5.41) is 17.1. The van der Waals surface area contributed by atoms with Gasteiger partial charge in [0.05, 0.1) is 92.0 Å². The number of benzene rings is 8. The van der Waals surface area contributed by atoms with E-state index in [4.69, 9.17) is 87.8 Å². The molecule has 27 nitrogen and oxygen atoms in total. The number of amides is 1. The van der Waals surface area contributed by atoms with E-state index in [0.717, 1.165) is 189 Å². The molecule has 21 rings (SSSR count). The summed E-state index contributed by atoms with van der Waals surface area (Å²) in [7, 11) is 15.9. The van der Waals surface area contributed by atoms with Gasteiger partial charge < -0.3 is 67.7 Å². The van der Waals surface area contributed by atoms with Gasteiger partial charge in [0, 0.05) is 159 Å². The van der Waals surface area contributed by atoms with Crippen molar-refractivity contribution in [2.45, 2.75) is 206 Å². The highest BCUT2D eigenvalue weighted by Gasteiger charge is 2.34. The summed E-state index contributed by atoms with van der Waals surface area (Å²) in [6.45, 7) is 5.58.